The highest BCUT2D eigenvalue weighted by molar-refractivity contribution is 7.98. The summed E-state index contributed by atoms with van der Waals surface area (Å²) in [5, 5.41) is 12.4. The van der Waals surface area contributed by atoms with Crippen molar-refractivity contribution in [1.82, 2.24) is 29.5 Å². The first-order chi connectivity index (χ1) is 20.1. The second-order valence-corrected chi connectivity index (χ2v) is 11.7. The van der Waals surface area contributed by atoms with E-state index in [1.165, 1.54) is 22.5 Å². The Morgan fingerprint density at radius 2 is 1.80 bits per heavy atom. The lowest BCUT2D eigenvalue weighted by Gasteiger charge is -2.33. The van der Waals surface area contributed by atoms with Crippen molar-refractivity contribution in [3.05, 3.63) is 106 Å². The number of carbonyl (C=O) groups is 1. The molecule has 1 fully saturated rings. The Morgan fingerprint density at radius 1 is 1.00 bits per heavy atom. The van der Waals surface area contributed by atoms with Gasteiger partial charge in [0.1, 0.15) is 10.7 Å². The number of carbonyl (C=O) groups excluding carboxylic acids is 1. The molecule has 208 valence electrons. The van der Waals surface area contributed by atoms with Crippen molar-refractivity contribution >= 4 is 35.1 Å². The summed E-state index contributed by atoms with van der Waals surface area (Å²) in [5.74, 6) is 1.88. The second-order valence-electron chi connectivity index (χ2n) is 9.78. The van der Waals surface area contributed by atoms with Crippen molar-refractivity contribution in [2.24, 2.45) is 0 Å². The van der Waals surface area contributed by atoms with Gasteiger partial charge in [-0.2, -0.15) is 0 Å². The van der Waals surface area contributed by atoms with Crippen LogP contribution < -0.4 is 0 Å². The molecule has 4 heterocycles. The molecule has 0 atom stereocenters. The molecule has 6 rings (SSSR count). The Hall–Kier alpha value is -3.99. The van der Waals surface area contributed by atoms with Crippen LogP contribution in [0, 0.1) is 6.92 Å². The van der Waals surface area contributed by atoms with E-state index < -0.39 is 0 Å². The minimum Gasteiger partial charge on any atom is -0.461 e. The van der Waals surface area contributed by atoms with E-state index >= 15 is 0 Å². The summed E-state index contributed by atoms with van der Waals surface area (Å²) in [6.07, 6.45) is 5.97. The molecule has 5 aromatic rings. The van der Waals surface area contributed by atoms with Crippen molar-refractivity contribution in [3.63, 3.8) is 0 Å². The molecule has 10 heteroatoms. The SMILES string of the molecule is Cc1ccc(-n2c(SCc3nc(C(=O)N4CCN(CC=Cc5ccccc5)CC4)cs3)nnc2-c2ccco2)cc1. The third kappa shape index (κ3) is 6.51. The van der Waals surface area contributed by atoms with Gasteiger partial charge in [0.15, 0.2) is 10.9 Å². The van der Waals surface area contributed by atoms with Crippen molar-refractivity contribution in [1.29, 1.82) is 0 Å². The molecule has 1 aliphatic rings. The molecule has 8 nitrogen and oxygen atoms in total. The molecule has 0 saturated carbocycles. The minimum absolute atomic E-state index is 0.0000876. The number of benzene rings is 2. The summed E-state index contributed by atoms with van der Waals surface area (Å²) in [4.78, 5) is 22.1. The predicted octanol–water partition coefficient (Wildman–Crippen LogP) is 6.06. The highest BCUT2D eigenvalue weighted by Gasteiger charge is 2.24. The largest absolute Gasteiger partial charge is 0.461 e. The average Bonchev–Trinajstić information content (AvgIpc) is 3.79. The van der Waals surface area contributed by atoms with Gasteiger partial charge in [0.05, 0.1) is 12.0 Å². The number of thiazole rings is 1. The minimum atomic E-state index is -0.0000876. The third-order valence-corrected chi connectivity index (χ3v) is 8.87. The van der Waals surface area contributed by atoms with Gasteiger partial charge in [-0.25, -0.2) is 4.98 Å². The number of nitrogens with zero attached hydrogens (tertiary/aromatic N) is 6. The number of aryl methyl sites for hydroxylation is 1. The summed E-state index contributed by atoms with van der Waals surface area (Å²) in [6.45, 7) is 6.05. The second kappa shape index (κ2) is 12.7. The standard InChI is InChI=1S/C31H30N6O2S2/c1-23-11-13-25(14-12-23)37-29(27-10-6-20-39-27)33-34-31(37)41-22-28-32-26(21-40-28)30(38)36-18-16-35(17-19-36)15-5-9-24-7-3-2-4-8-24/h2-14,20-21H,15-19,22H2,1H3. The first-order valence-corrected chi connectivity index (χ1v) is 15.4. The fourth-order valence-electron chi connectivity index (χ4n) is 4.65. The molecule has 0 radical (unpaired) electrons. The Bertz CT molecular complexity index is 1600. The van der Waals surface area contributed by atoms with Gasteiger partial charge in [-0.15, -0.1) is 21.5 Å². The third-order valence-electron chi connectivity index (χ3n) is 6.90. The molecular formula is C31H30N6O2S2. The molecule has 1 saturated heterocycles. The van der Waals surface area contributed by atoms with Crippen LogP contribution in [-0.4, -0.2) is 68.2 Å². The number of aromatic nitrogens is 4. The Kier molecular flexibility index (Phi) is 8.41. The van der Waals surface area contributed by atoms with Gasteiger partial charge < -0.3 is 9.32 Å². The van der Waals surface area contributed by atoms with Gasteiger partial charge in [-0.1, -0.05) is 71.9 Å². The van der Waals surface area contributed by atoms with Crippen LogP contribution in [-0.2, 0) is 5.75 Å². The van der Waals surface area contributed by atoms with Gasteiger partial charge in [0.25, 0.3) is 5.91 Å². The lowest BCUT2D eigenvalue weighted by Crippen LogP contribution is -2.48. The Labute approximate surface area is 247 Å². The topological polar surface area (TPSA) is 80.3 Å². The Balaban J connectivity index is 1.06. The fourth-order valence-corrected chi connectivity index (χ4v) is 6.39. The van der Waals surface area contributed by atoms with E-state index in [4.69, 9.17) is 4.42 Å². The first kappa shape index (κ1) is 27.2. The molecule has 0 bridgehead atoms. The highest BCUT2D eigenvalue weighted by Crippen LogP contribution is 2.31. The summed E-state index contributed by atoms with van der Waals surface area (Å²) < 4.78 is 7.62. The fraction of sp³-hybridized carbons (Fsp3) is 0.226. The molecule has 1 aliphatic heterocycles. The van der Waals surface area contributed by atoms with Crippen LogP contribution in [0.25, 0.3) is 23.3 Å². The maximum atomic E-state index is 13.2. The molecule has 1 amide bonds. The van der Waals surface area contributed by atoms with Crippen molar-refractivity contribution in [2.45, 2.75) is 17.8 Å². The van der Waals surface area contributed by atoms with Crippen molar-refractivity contribution in [2.75, 3.05) is 32.7 Å². The zero-order chi connectivity index (χ0) is 28.0. The molecule has 41 heavy (non-hydrogen) atoms. The van der Waals surface area contributed by atoms with E-state index in [0.717, 1.165) is 35.5 Å². The van der Waals surface area contributed by atoms with E-state index in [9.17, 15) is 4.79 Å². The average molecular weight is 583 g/mol. The quantitative estimate of drug-likeness (QED) is 0.196. The number of rotatable bonds is 9. The van der Waals surface area contributed by atoms with E-state index in [2.05, 4.69) is 75.6 Å². The summed E-state index contributed by atoms with van der Waals surface area (Å²) in [7, 11) is 0. The number of furan rings is 1. The summed E-state index contributed by atoms with van der Waals surface area (Å²) in [5.41, 5.74) is 3.85. The van der Waals surface area contributed by atoms with Crippen molar-refractivity contribution in [3.8, 4) is 17.3 Å². The smallest absolute Gasteiger partial charge is 0.273 e. The van der Waals surface area contributed by atoms with Crippen molar-refractivity contribution < 1.29 is 9.21 Å². The van der Waals surface area contributed by atoms with Crippen LogP contribution >= 0.6 is 23.1 Å². The van der Waals surface area contributed by atoms with E-state index in [1.54, 1.807) is 18.0 Å². The monoisotopic (exact) mass is 582 g/mol. The summed E-state index contributed by atoms with van der Waals surface area (Å²) >= 11 is 3.05. The molecule has 0 aliphatic carbocycles. The number of thioether (sulfide) groups is 1. The van der Waals surface area contributed by atoms with E-state index in [-0.39, 0.29) is 5.91 Å². The van der Waals surface area contributed by atoms with E-state index in [0.29, 0.717) is 36.1 Å². The molecule has 2 aromatic carbocycles. The van der Waals surface area contributed by atoms with E-state index in [1.807, 2.05) is 45.2 Å². The number of hydrogen-bond donors (Lipinski definition) is 0. The van der Waals surface area contributed by atoms with Crippen LogP contribution in [0.2, 0.25) is 0 Å². The molecule has 0 N–H and O–H groups in total. The normalized spacial score (nSPS) is 14.2. The maximum absolute atomic E-state index is 13.2. The maximum Gasteiger partial charge on any atom is 0.273 e. The van der Waals surface area contributed by atoms with Crippen LogP contribution in [0.3, 0.4) is 0 Å². The van der Waals surface area contributed by atoms with Crippen LogP contribution in [0.15, 0.2) is 94.0 Å². The van der Waals surface area contributed by atoms with Gasteiger partial charge in [-0.05, 0) is 36.8 Å². The highest BCUT2D eigenvalue weighted by atomic mass is 32.2. The van der Waals surface area contributed by atoms with Crippen LogP contribution in [0.1, 0.15) is 26.6 Å². The zero-order valence-corrected chi connectivity index (χ0v) is 24.4. The Morgan fingerprint density at radius 3 is 2.56 bits per heavy atom. The van der Waals surface area contributed by atoms with Crippen LogP contribution in [0.5, 0.6) is 0 Å². The molecular weight excluding hydrogens is 553 g/mol. The zero-order valence-electron chi connectivity index (χ0n) is 22.7. The van der Waals surface area contributed by atoms with Crippen LogP contribution in [0.4, 0.5) is 0 Å². The lowest BCUT2D eigenvalue weighted by atomic mass is 10.2. The number of piperazine rings is 1. The number of hydrogen-bond acceptors (Lipinski definition) is 8. The lowest BCUT2D eigenvalue weighted by molar-refractivity contribution is 0.0645. The van der Waals surface area contributed by atoms with Gasteiger partial charge in [0.2, 0.25) is 5.82 Å². The van der Waals surface area contributed by atoms with Gasteiger partial charge in [0, 0.05) is 43.8 Å². The van der Waals surface area contributed by atoms with Gasteiger partial charge in [-0.3, -0.25) is 14.3 Å². The summed E-state index contributed by atoms with van der Waals surface area (Å²) in [6, 6.07) is 22.3. The first-order valence-electron chi connectivity index (χ1n) is 13.5. The molecule has 0 spiro atoms. The molecule has 3 aromatic heterocycles. The van der Waals surface area contributed by atoms with Gasteiger partial charge >= 0.3 is 0 Å². The molecule has 0 unspecified atom stereocenters. The predicted molar refractivity (Wildman–Crippen MR) is 163 cm³/mol. The number of amides is 1.